The molecule has 2 rings (SSSR count). The molecule has 0 radical (unpaired) electrons. The molecule has 0 aliphatic carbocycles. The van der Waals surface area contributed by atoms with Gasteiger partial charge in [0.1, 0.15) is 0 Å². The van der Waals surface area contributed by atoms with Crippen LogP contribution in [0.5, 0.6) is 0 Å². The van der Waals surface area contributed by atoms with Gasteiger partial charge in [-0.3, -0.25) is 4.90 Å². The second kappa shape index (κ2) is 8.27. The summed E-state index contributed by atoms with van der Waals surface area (Å²) in [5, 5.41) is 5.84. The number of piperidine rings is 1. The molecule has 0 saturated carbocycles. The number of carbonyl (C=O) groups is 1. The molecule has 2 aliphatic rings. The van der Waals surface area contributed by atoms with Crippen molar-refractivity contribution in [3.63, 3.8) is 0 Å². The van der Waals surface area contributed by atoms with Gasteiger partial charge in [0.2, 0.25) is 10.0 Å². The SMILES string of the molecule is C[C@@H](CNC(=O)NC1CCN(S(C)(=O)=O)CC1)N1CCOCC1. The van der Waals surface area contributed by atoms with E-state index in [-0.39, 0.29) is 18.1 Å². The number of nitrogens with one attached hydrogen (secondary N) is 2. The van der Waals surface area contributed by atoms with E-state index in [1.54, 1.807) is 0 Å². The molecule has 2 saturated heterocycles. The topological polar surface area (TPSA) is 91.0 Å². The summed E-state index contributed by atoms with van der Waals surface area (Å²) in [7, 11) is -3.12. The first-order chi connectivity index (χ1) is 10.9. The number of sulfonamides is 1. The molecular formula is C14H28N4O4S. The zero-order valence-corrected chi connectivity index (χ0v) is 14.8. The Labute approximate surface area is 138 Å². The van der Waals surface area contributed by atoms with Gasteiger partial charge in [0.15, 0.2) is 0 Å². The third-order valence-corrected chi connectivity index (χ3v) is 5.79. The maximum absolute atomic E-state index is 12.0. The van der Waals surface area contributed by atoms with E-state index in [2.05, 4.69) is 22.5 Å². The van der Waals surface area contributed by atoms with Crippen molar-refractivity contribution in [2.24, 2.45) is 0 Å². The Morgan fingerprint density at radius 3 is 2.39 bits per heavy atom. The third kappa shape index (κ3) is 5.91. The van der Waals surface area contributed by atoms with Crippen LogP contribution >= 0.6 is 0 Å². The van der Waals surface area contributed by atoms with Crippen molar-refractivity contribution in [1.29, 1.82) is 0 Å². The van der Waals surface area contributed by atoms with Gasteiger partial charge in [-0.25, -0.2) is 17.5 Å². The summed E-state index contributed by atoms with van der Waals surface area (Å²) >= 11 is 0. The van der Waals surface area contributed by atoms with Crippen LogP contribution in [0.15, 0.2) is 0 Å². The number of amides is 2. The Morgan fingerprint density at radius 1 is 1.22 bits per heavy atom. The largest absolute Gasteiger partial charge is 0.379 e. The fourth-order valence-electron chi connectivity index (χ4n) is 2.96. The van der Waals surface area contributed by atoms with Crippen LogP contribution in [-0.4, -0.2) is 87.9 Å². The van der Waals surface area contributed by atoms with Gasteiger partial charge in [0, 0.05) is 44.8 Å². The van der Waals surface area contributed by atoms with Crippen molar-refractivity contribution in [3.05, 3.63) is 0 Å². The summed E-state index contributed by atoms with van der Waals surface area (Å²) in [6.07, 6.45) is 2.53. The number of ether oxygens (including phenoxy) is 1. The van der Waals surface area contributed by atoms with Crippen LogP contribution in [0.25, 0.3) is 0 Å². The highest BCUT2D eigenvalue weighted by Crippen LogP contribution is 2.13. The van der Waals surface area contributed by atoms with Crippen LogP contribution in [0.1, 0.15) is 19.8 Å². The summed E-state index contributed by atoms with van der Waals surface area (Å²) in [6.45, 7) is 6.90. The number of rotatable bonds is 5. The lowest BCUT2D eigenvalue weighted by atomic mass is 10.1. The van der Waals surface area contributed by atoms with E-state index in [0.29, 0.717) is 32.5 Å². The average molecular weight is 348 g/mol. The van der Waals surface area contributed by atoms with Crippen molar-refractivity contribution < 1.29 is 17.9 Å². The standard InChI is InChI=1S/C14H28N4O4S/c1-12(17-7-9-22-10-8-17)11-15-14(19)16-13-3-5-18(6-4-13)23(2,20)21/h12-13H,3-11H2,1-2H3,(H2,15,16,19)/t12-/m0/s1. The minimum Gasteiger partial charge on any atom is -0.379 e. The predicted octanol–water partition coefficient (Wildman–Crippen LogP) is -0.570. The Morgan fingerprint density at radius 2 is 1.83 bits per heavy atom. The van der Waals surface area contributed by atoms with E-state index >= 15 is 0 Å². The van der Waals surface area contributed by atoms with Crippen LogP contribution in [0, 0.1) is 0 Å². The van der Waals surface area contributed by atoms with E-state index in [4.69, 9.17) is 4.74 Å². The molecule has 0 aromatic heterocycles. The molecule has 8 nitrogen and oxygen atoms in total. The maximum atomic E-state index is 12.0. The van der Waals surface area contributed by atoms with Crippen molar-refractivity contribution >= 4 is 16.1 Å². The first kappa shape index (κ1) is 18.4. The summed E-state index contributed by atoms with van der Waals surface area (Å²) in [5.41, 5.74) is 0. The van der Waals surface area contributed by atoms with E-state index in [9.17, 15) is 13.2 Å². The summed E-state index contributed by atoms with van der Waals surface area (Å²) in [4.78, 5) is 14.3. The minimum atomic E-state index is -3.12. The van der Waals surface area contributed by atoms with Crippen molar-refractivity contribution in [2.75, 3.05) is 52.2 Å². The smallest absolute Gasteiger partial charge is 0.315 e. The Balaban J connectivity index is 1.65. The van der Waals surface area contributed by atoms with Crippen LogP contribution in [-0.2, 0) is 14.8 Å². The average Bonchev–Trinajstić information content (AvgIpc) is 2.53. The molecule has 2 aliphatic heterocycles. The highest BCUT2D eigenvalue weighted by Gasteiger charge is 2.26. The van der Waals surface area contributed by atoms with E-state index < -0.39 is 10.0 Å². The summed E-state index contributed by atoms with van der Waals surface area (Å²) in [5.74, 6) is 0. The van der Waals surface area contributed by atoms with Gasteiger partial charge in [-0.2, -0.15) is 0 Å². The second-order valence-electron chi connectivity index (χ2n) is 6.29. The van der Waals surface area contributed by atoms with Crippen LogP contribution in [0.4, 0.5) is 4.79 Å². The molecule has 134 valence electrons. The highest BCUT2D eigenvalue weighted by molar-refractivity contribution is 7.88. The maximum Gasteiger partial charge on any atom is 0.315 e. The van der Waals surface area contributed by atoms with Gasteiger partial charge >= 0.3 is 6.03 Å². The van der Waals surface area contributed by atoms with E-state index in [0.717, 1.165) is 26.3 Å². The molecule has 0 aromatic rings. The lowest BCUT2D eigenvalue weighted by molar-refractivity contribution is 0.0209. The summed E-state index contributed by atoms with van der Waals surface area (Å²) < 4.78 is 29.7. The molecule has 23 heavy (non-hydrogen) atoms. The van der Waals surface area contributed by atoms with Gasteiger partial charge in [-0.1, -0.05) is 0 Å². The Hall–Kier alpha value is -0.900. The number of nitrogens with zero attached hydrogens (tertiary/aromatic N) is 2. The van der Waals surface area contributed by atoms with Gasteiger partial charge in [-0.05, 0) is 19.8 Å². The first-order valence-electron chi connectivity index (χ1n) is 8.17. The van der Waals surface area contributed by atoms with Crippen LogP contribution in [0.2, 0.25) is 0 Å². The lowest BCUT2D eigenvalue weighted by Gasteiger charge is -2.33. The molecule has 9 heteroatoms. The Kier molecular flexibility index (Phi) is 6.63. The second-order valence-corrected chi connectivity index (χ2v) is 8.27. The normalized spacial score (nSPS) is 23.4. The molecule has 0 spiro atoms. The molecule has 0 aromatic carbocycles. The first-order valence-corrected chi connectivity index (χ1v) is 10.0. The molecule has 1 atom stereocenters. The van der Waals surface area contributed by atoms with Gasteiger partial charge in [0.05, 0.1) is 19.5 Å². The number of morpholine rings is 1. The number of hydrogen-bond acceptors (Lipinski definition) is 5. The molecule has 0 unspecified atom stereocenters. The minimum absolute atomic E-state index is 0.0340. The predicted molar refractivity (Wildman–Crippen MR) is 87.8 cm³/mol. The van der Waals surface area contributed by atoms with Crippen LogP contribution in [0.3, 0.4) is 0 Å². The molecule has 2 fully saturated rings. The molecule has 2 heterocycles. The number of hydrogen-bond donors (Lipinski definition) is 2. The zero-order chi connectivity index (χ0) is 16.9. The molecule has 2 N–H and O–H groups in total. The summed E-state index contributed by atoms with van der Waals surface area (Å²) in [6, 6.07) is 0.131. The molecule has 2 amide bonds. The highest BCUT2D eigenvalue weighted by atomic mass is 32.2. The fraction of sp³-hybridized carbons (Fsp3) is 0.929. The van der Waals surface area contributed by atoms with E-state index in [1.165, 1.54) is 10.6 Å². The molecule has 0 bridgehead atoms. The monoisotopic (exact) mass is 348 g/mol. The molecular weight excluding hydrogens is 320 g/mol. The lowest BCUT2D eigenvalue weighted by Crippen LogP contribution is -2.52. The zero-order valence-electron chi connectivity index (χ0n) is 14.0. The van der Waals surface area contributed by atoms with Crippen molar-refractivity contribution in [1.82, 2.24) is 19.8 Å². The van der Waals surface area contributed by atoms with Crippen LogP contribution < -0.4 is 10.6 Å². The number of carbonyl (C=O) groups excluding carboxylic acids is 1. The quantitative estimate of drug-likeness (QED) is 0.694. The van der Waals surface area contributed by atoms with Gasteiger partial charge in [-0.15, -0.1) is 0 Å². The van der Waals surface area contributed by atoms with Gasteiger partial charge < -0.3 is 15.4 Å². The number of urea groups is 1. The van der Waals surface area contributed by atoms with Gasteiger partial charge in [0.25, 0.3) is 0 Å². The fourth-order valence-corrected chi connectivity index (χ4v) is 3.83. The van der Waals surface area contributed by atoms with Crippen molar-refractivity contribution in [2.45, 2.75) is 31.8 Å². The third-order valence-electron chi connectivity index (χ3n) is 4.49. The Bertz CT molecular complexity index is 485. The van der Waals surface area contributed by atoms with E-state index in [1.807, 2.05) is 0 Å². The van der Waals surface area contributed by atoms with Crippen molar-refractivity contribution in [3.8, 4) is 0 Å².